The van der Waals surface area contributed by atoms with Crippen molar-refractivity contribution < 1.29 is 23.5 Å². The van der Waals surface area contributed by atoms with Crippen LogP contribution in [0.4, 0.5) is 21.6 Å². The lowest BCUT2D eigenvalue weighted by Gasteiger charge is -2.36. The molecule has 2 saturated heterocycles. The number of hydrogen-bond acceptors (Lipinski definition) is 8. The van der Waals surface area contributed by atoms with E-state index in [1.54, 1.807) is 18.2 Å². The number of halogens is 2. The molecule has 0 unspecified atom stereocenters. The van der Waals surface area contributed by atoms with E-state index in [2.05, 4.69) is 25.5 Å². The first-order chi connectivity index (χ1) is 19.9. The molecule has 1 aliphatic carbocycles. The van der Waals surface area contributed by atoms with Crippen LogP contribution in [-0.4, -0.2) is 59.6 Å². The molecule has 9 nitrogen and oxygen atoms in total. The van der Waals surface area contributed by atoms with Gasteiger partial charge < -0.3 is 20.1 Å². The molecule has 3 fully saturated rings. The summed E-state index contributed by atoms with van der Waals surface area (Å²) in [6.07, 6.45) is 9.43. The number of benzene rings is 2. The van der Waals surface area contributed by atoms with E-state index in [0.717, 1.165) is 38.8 Å². The lowest BCUT2D eigenvalue weighted by atomic mass is 9.78. The minimum absolute atomic E-state index is 0.00410. The van der Waals surface area contributed by atoms with Crippen LogP contribution < -0.4 is 15.4 Å². The van der Waals surface area contributed by atoms with Crippen molar-refractivity contribution >= 4 is 51.6 Å². The molecule has 6 rings (SSSR count). The van der Waals surface area contributed by atoms with Gasteiger partial charge in [-0.15, -0.1) is 0 Å². The average molecular weight is 580 g/mol. The van der Waals surface area contributed by atoms with Crippen LogP contribution in [0.1, 0.15) is 32.1 Å². The maximum atomic E-state index is 13.6. The van der Waals surface area contributed by atoms with Crippen molar-refractivity contribution in [1.82, 2.24) is 14.9 Å². The van der Waals surface area contributed by atoms with Gasteiger partial charge in [0.1, 0.15) is 23.7 Å². The lowest BCUT2D eigenvalue weighted by molar-refractivity contribution is -0.137. The number of hydrogen-bond donors (Lipinski definition) is 2. The van der Waals surface area contributed by atoms with E-state index in [9.17, 15) is 14.0 Å². The summed E-state index contributed by atoms with van der Waals surface area (Å²) in [6.45, 7) is 3.46. The van der Waals surface area contributed by atoms with E-state index in [0.29, 0.717) is 65.9 Å². The molecule has 0 bridgehead atoms. The summed E-state index contributed by atoms with van der Waals surface area (Å²) < 4.78 is 24.9. The van der Waals surface area contributed by atoms with Crippen LogP contribution in [0.5, 0.6) is 5.75 Å². The van der Waals surface area contributed by atoms with E-state index >= 15 is 0 Å². The summed E-state index contributed by atoms with van der Waals surface area (Å²) >= 11 is 5.95. The van der Waals surface area contributed by atoms with E-state index in [-0.39, 0.29) is 22.3 Å². The molecule has 0 atom stereocenters. The van der Waals surface area contributed by atoms with Gasteiger partial charge in [-0.3, -0.25) is 14.5 Å². The van der Waals surface area contributed by atoms with Crippen LogP contribution in [-0.2, 0) is 14.3 Å². The topological polar surface area (TPSA) is 106 Å². The maximum Gasteiger partial charge on any atom is 0.306 e. The van der Waals surface area contributed by atoms with Gasteiger partial charge in [0.15, 0.2) is 0 Å². The fourth-order valence-corrected chi connectivity index (χ4v) is 5.44. The quantitative estimate of drug-likeness (QED) is 0.254. The number of piperidine rings is 1. The standard InChI is InChI=1S/C30H31ClFN5O4/c31-22-12-20(5-6-23(22)32)35-29-21-13-25(26(40-16-19-3-4-19)14-24(21)33-18-34-29)36-27(38)2-1-9-37-10-7-30(8-11-37)15-28(39)41-17-30/h1-2,5-6,12-14,18-19H,3-4,7-11,15-17H2,(H,36,38)(H,33,34,35)/b2-1+. The van der Waals surface area contributed by atoms with Crippen LogP contribution >= 0.6 is 11.6 Å². The van der Waals surface area contributed by atoms with Gasteiger partial charge in [-0.25, -0.2) is 14.4 Å². The molecule has 214 valence electrons. The first kappa shape index (κ1) is 27.4. The molecule has 11 heteroatoms. The number of nitrogens with zero attached hydrogens (tertiary/aromatic N) is 3. The highest BCUT2D eigenvalue weighted by molar-refractivity contribution is 6.31. The van der Waals surface area contributed by atoms with Gasteiger partial charge in [0.2, 0.25) is 5.91 Å². The van der Waals surface area contributed by atoms with E-state index in [4.69, 9.17) is 21.1 Å². The Bertz CT molecular complexity index is 1500. The van der Waals surface area contributed by atoms with Gasteiger partial charge in [-0.2, -0.15) is 0 Å². The number of aromatic nitrogens is 2. The van der Waals surface area contributed by atoms with Crippen LogP contribution in [0.3, 0.4) is 0 Å². The van der Waals surface area contributed by atoms with Crippen molar-refractivity contribution in [1.29, 1.82) is 0 Å². The second kappa shape index (κ2) is 11.6. The third-order valence-electron chi connectivity index (χ3n) is 7.96. The van der Waals surface area contributed by atoms with Crippen LogP contribution in [0.15, 0.2) is 48.8 Å². The Hall–Kier alpha value is -3.76. The molecule has 2 aliphatic heterocycles. The molecule has 1 saturated carbocycles. The van der Waals surface area contributed by atoms with Crippen molar-refractivity contribution in [3.8, 4) is 5.75 Å². The summed E-state index contributed by atoms with van der Waals surface area (Å²) in [5, 5.41) is 6.78. The van der Waals surface area contributed by atoms with Crippen molar-refractivity contribution in [3.05, 3.63) is 59.7 Å². The molecule has 1 amide bonds. The minimum Gasteiger partial charge on any atom is -0.491 e. The number of nitrogens with one attached hydrogen (secondary N) is 2. The normalized spacial score (nSPS) is 18.6. The predicted octanol–water partition coefficient (Wildman–Crippen LogP) is 5.48. The molecule has 3 aromatic rings. The summed E-state index contributed by atoms with van der Waals surface area (Å²) in [4.78, 5) is 35.5. The molecule has 3 aliphatic rings. The first-order valence-corrected chi connectivity index (χ1v) is 14.2. The Morgan fingerprint density at radius 3 is 2.78 bits per heavy atom. The molecule has 3 heterocycles. The van der Waals surface area contributed by atoms with Crippen LogP contribution in [0.25, 0.3) is 10.9 Å². The zero-order valence-electron chi connectivity index (χ0n) is 22.5. The van der Waals surface area contributed by atoms with Gasteiger partial charge in [-0.05, 0) is 69.0 Å². The molecule has 0 radical (unpaired) electrons. The number of fused-ring (bicyclic) bond motifs is 1. The zero-order valence-corrected chi connectivity index (χ0v) is 23.3. The van der Waals surface area contributed by atoms with Crippen molar-refractivity contribution in [2.75, 3.05) is 43.5 Å². The van der Waals surface area contributed by atoms with E-state index in [1.165, 1.54) is 24.5 Å². The van der Waals surface area contributed by atoms with E-state index < -0.39 is 5.82 Å². The zero-order chi connectivity index (χ0) is 28.4. The second-order valence-corrected chi connectivity index (χ2v) is 11.5. The smallest absolute Gasteiger partial charge is 0.306 e. The summed E-state index contributed by atoms with van der Waals surface area (Å²) in [7, 11) is 0. The van der Waals surface area contributed by atoms with Gasteiger partial charge in [0.25, 0.3) is 0 Å². The van der Waals surface area contributed by atoms with Crippen LogP contribution in [0, 0.1) is 17.2 Å². The Morgan fingerprint density at radius 1 is 1.22 bits per heavy atom. The third kappa shape index (κ3) is 6.60. The van der Waals surface area contributed by atoms with Crippen molar-refractivity contribution in [2.24, 2.45) is 11.3 Å². The average Bonchev–Trinajstić information content (AvgIpc) is 3.72. The van der Waals surface area contributed by atoms with Crippen molar-refractivity contribution in [3.63, 3.8) is 0 Å². The molecule has 41 heavy (non-hydrogen) atoms. The van der Waals surface area contributed by atoms with Gasteiger partial charge in [0, 0.05) is 35.2 Å². The maximum absolute atomic E-state index is 13.6. The highest BCUT2D eigenvalue weighted by atomic mass is 35.5. The molecular formula is C30H31ClFN5O4. The summed E-state index contributed by atoms with van der Waals surface area (Å²) in [5.41, 5.74) is 1.69. The number of cyclic esters (lactones) is 1. The number of rotatable bonds is 9. The van der Waals surface area contributed by atoms with Gasteiger partial charge in [0.05, 0.1) is 35.9 Å². The first-order valence-electron chi connectivity index (χ1n) is 13.8. The fourth-order valence-electron chi connectivity index (χ4n) is 5.26. The Kier molecular flexibility index (Phi) is 7.77. The number of carbonyl (C=O) groups is 2. The van der Waals surface area contributed by atoms with Crippen molar-refractivity contribution in [2.45, 2.75) is 32.1 Å². The van der Waals surface area contributed by atoms with E-state index in [1.807, 2.05) is 6.08 Å². The monoisotopic (exact) mass is 579 g/mol. The van der Waals surface area contributed by atoms with Crippen LogP contribution in [0.2, 0.25) is 5.02 Å². The second-order valence-electron chi connectivity index (χ2n) is 11.1. The van der Waals surface area contributed by atoms with Gasteiger partial charge in [-0.1, -0.05) is 17.7 Å². The molecule has 2 N–H and O–H groups in total. The molecule has 1 aromatic heterocycles. The highest BCUT2D eigenvalue weighted by Crippen LogP contribution is 2.40. The minimum atomic E-state index is -0.510. The number of amides is 1. The largest absolute Gasteiger partial charge is 0.491 e. The number of ether oxygens (including phenoxy) is 2. The third-order valence-corrected chi connectivity index (χ3v) is 8.25. The fraction of sp³-hybridized carbons (Fsp3) is 0.400. The molecular weight excluding hydrogens is 549 g/mol. The Labute approximate surface area is 242 Å². The number of esters is 1. The predicted molar refractivity (Wildman–Crippen MR) is 154 cm³/mol. The summed E-state index contributed by atoms with van der Waals surface area (Å²) in [6, 6.07) is 7.91. The Balaban J connectivity index is 1.16. The number of carbonyl (C=O) groups excluding carboxylic acids is 2. The number of likely N-dealkylation sites (tertiary alicyclic amines) is 1. The SMILES string of the molecule is O=C(/C=C/CN1CCC2(CC1)COC(=O)C2)Nc1cc2c(Nc3ccc(F)c(Cl)c3)ncnc2cc1OCC1CC1. The van der Waals surface area contributed by atoms with Gasteiger partial charge >= 0.3 is 5.97 Å². The highest BCUT2D eigenvalue weighted by Gasteiger charge is 2.42. The molecule has 2 aromatic carbocycles. The summed E-state index contributed by atoms with van der Waals surface area (Å²) in [5.74, 6) is 0.658. The Morgan fingerprint density at radius 2 is 2.05 bits per heavy atom. The lowest BCUT2D eigenvalue weighted by Crippen LogP contribution is -2.40. The molecule has 1 spiro atoms. The number of anilines is 3.